The number of nitrogen functional groups attached to an aromatic ring is 1. The van der Waals surface area contributed by atoms with Crippen molar-refractivity contribution in [2.24, 2.45) is 0 Å². The Balaban J connectivity index is 2.63. The van der Waals surface area contributed by atoms with E-state index in [1.165, 1.54) is 16.8 Å². The highest BCUT2D eigenvalue weighted by atomic mass is 15.0. The molecule has 0 amide bonds. The Morgan fingerprint density at radius 1 is 0.933 bits per heavy atom. The topological polar surface area (TPSA) is 30.9 Å². The van der Waals surface area contributed by atoms with E-state index in [0.717, 1.165) is 11.3 Å². The van der Waals surface area contributed by atoms with Gasteiger partial charge in [-0.25, -0.2) is 0 Å². The van der Waals surface area contributed by atoms with Crippen molar-refractivity contribution in [1.29, 1.82) is 0 Å². The zero-order valence-electron chi connectivity index (χ0n) is 9.41. The Bertz CT molecular complexity index is 455. The van der Waals surface area contributed by atoms with Crippen molar-refractivity contribution in [2.75, 3.05) is 5.73 Å². The first kappa shape index (κ1) is 9.84. The van der Waals surface area contributed by atoms with Crippen molar-refractivity contribution in [3.63, 3.8) is 0 Å². The molecule has 0 spiro atoms. The second-order valence-electron chi connectivity index (χ2n) is 4.04. The number of nitrogens with zero attached hydrogens (tertiary/aromatic N) is 1. The maximum atomic E-state index is 5.86. The fourth-order valence-corrected chi connectivity index (χ4v) is 1.91. The number of rotatable bonds is 1. The number of nitrogens with two attached hydrogens (primary N) is 1. The average Bonchev–Trinajstić information content (AvgIpc) is 2.46. The normalized spacial score (nSPS) is 10.6. The third-order valence-corrected chi connectivity index (χ3v) is 2.76. The zero-order valence-corrected chi connectivity index (χ0v) is 9.41. The lowest BCUT2D eigenvalue weighted by Crippen LogP contribution is -1.96. The van der Waals surface area contributed by atoms with Crippen molar-refractivity contribution in [1.82, 2.24) is 4.57 Å². The molecular weight excluding hydrogens is 184 g/mol. The molecule has 0 fully saturated rings. The highest BCUT2D eigenvalue weighted by Crippen LogP contribution is 2.22. The second kappa shape index (κ2) is 3.46. The van der Waals surface area contributed by atoms with Crippen LogP contribution in [0.15, 0.2) is 30.6 Å². The van der Waals surface area contributed by atoms with Gasteiger partial charge in [-0.3, -0.25) is 0 Å². The van der Waals surface area contributed by atoms with Gasteiger partial charge in [-0.2, -0.15) is 0 Å². The van der Waals surface area contributed by atoms with Gasteiger partial charge in [0.15, 0.2) is 0 Å². The van der Waals surface area contributed by atoms with E-state index in [9.17, 15) is 0 Å². The Kier molecular flexibility index (Phi) is 2.27. The Morgan fingerprint density at radius 3 is 2.00 bits per heavy atom. The minimum Gasteiger partial charge on any atom is -0.397 e. The third-order valence-electron chi connectivity index (χ3n) is 2.76. The smallest absolute Gasteiger partial charge is 0.0527 e. The van der Waals surface area contributed by atoms with Gasteiger partial charge in [0.25, 0.3) is 0 Å². The van der Waals surface area contributed by atoms with Crippen molar-refractivity contribution in [2.45, 2.75) is 20.8 Å². The van der Waals surface area contributed by atoms with Crippen LogP contribution < -0.4 is 5.73 Å². The molecular formula is C13H16N2. The predicted molar refractivity (Wildman–Crippen MR) is 64.4 cm³/mol. The molecule has 0 bridgehead atoms. The standard InChI is InChI=1S/C13H16N2/c1-9-5-4-6-10(2)13(9)15-7-11(3)12(14)8-15/h4-8H,14H2,1-3H3. The van der Waals surface area contributed by atoms with Gasteiger partial charge in [-0.05, 0) is 37.5 Å². The zero-order chi connectivity index (χ0) is 11.0. The molecule has 0 aliphatic heterocycles. The van der Waals surface area contributed by atoms with E-state index in [0.29, 0.717) is 0 Å². The first-order chi connectivity index (χ1) is 7.09. The van der Waals surface area contributed by atoms with E-state index >= 15 is 0 Å². The number of para-hydroxylation sites is 1. The summed E-state index contributed by atoms with van der Waals surface area (Å²) in [6, 6.07) is 6.32. The number of hydrogen-bond acceptors (Lipinski definition) is 1. The summed E-state index contributed by atoms with van der Waals surface area (Å²) in [6.45, 7) is 6.27. The Morgan fingerprint density at radius 2 is 1.53 bits per heavy atom. The van der Waals surface area contributed by atoms with E-state index in [1.807, 2.05) is 13.1 Å². The molecule has 0 atom stereocenters. The quantitative estimate of drug-likeness (QED) is 0.753. The molecule has 2 rings (SSSR count). The van der Waals surface area contributed by atoms with E-state index in [1.54, 1.807) is 0 Å². The van der Waals surface area contributed by atoms with Crippen molar-refractivity contribution in [3.05, 3.63) is 47.3 Å². The lowest BCUT2D eigenvalue weighted by molar-refractivity contribution is 1.04. The monoisotopic (exact) mass is 200 g/mol. The van der Waals surface area contributed by atoms with Crippen LogP contribution in [0.1, 0.15) is 16.7 Å². The molecule has 2 aromatic rings. The first-order valence-electron chi connectivity index (χ1n) is 5.10. The molecule has 15 heavy (non-hydrogen) atoms. The summed E-state index contributed by atoms with van der Waals surface area (Å²) in [5, 5.41) is 0. The minimum absolute atomic E-state index is 0.845. The molecule has 1 aromatic heterocycles. The summed E-state index contributed by atoms with van der Waals surface area (Å²) in [5.41, 5.74) is 11.6. The molecule has 0 aliphatic carbocycles. The van der Waals surface area contributed by atoms with Gasteiger partial charge >= 0.3 is 0 Å². The SMILES string of the molecule is Cc1cn(-c2c(C)cccc2C)cc1N. The molecule has 1 heterocycles. The molecule has 0 radical (unpaired) electrons. The number of aromatic nitrogens is 1. The number of anilines is 1. The lowest BCUT2D eigenvalue weighted by atomic mass is 10.1. The second-order valence-corrected chi connectivity index (χ2v) is 4.04. The summed E-state index contributed by atoms with van der Waals surface area (Å²) < 4.78 is 2.11. The molecule has 0 aliphatic rings. The van der Waals surface area contributed by atoms with Crippen LogP contribution >= 0.6 is 0 Å². The van der Waals surface area contributed by atoms with E-state index < -0.39 is 0 Å². The highest BCUT2D eigenvalue weighted by molar-refractivity contribution is 5.53. The van der Waals surface area contributed by atoms with E-state index in [2.05, 4.69) is 42.8 Å². The van der Waals surface area contributed by atoms with Crippen LogP contribution in [0.5, 0.6) is 0 Å². The van der Waals surface area contributed by atoms with Crippen LogP contribution in [-0.2, 0) is 0 Å². The fourth-order valence-electron chi connectivity index (χ4n) is 1.91. The fraction of sp³-hybridized carbons (Fsp3) is 0.231. The largest absolute Gasteiger partial charge is 0.397 e. The van der Waals surface area contributed by atoms with E-state index in [4.69, 9.17) is 5.73 Å². The summed E-state index contributed by atoms with van der Waals surface area (Å²) in [5.74, 6) is 0. The summed E-state index contributed by atoms with van der Waals surface area (Å²) >= 11 is 0. The van der Waals surface area contributed by atoms with Gasteiger partial charge in [-0.15, -0.1) is 0 Å². The lowest BCUT2D eigenvalue weighted by Gasteiger charge is -2.10. The maximum Gasteiger partial charge on any atom is 0.0527 e. The summed E-state index contributed by atoms with van der Waals surface area (Å²) in [4.78, 5) is 0. The molecule has 0 unspecified atom stereocenters. The number of benzene rings is 1. The van der Waals surface area contributed by atoms with Crippen LogP contribution in [0.4, 0.5) is 5.69 Å². The number of hydrogen-bond donors (Lipinski definition) is 1. The van der Waals surface area contributed by atoms with Crippen LogP contribution in [0.3, 0.4) is 0 Å². The molecule has 2 heteroatoms. The Labute approximate surface area is 90.3 Å². The van der Waals surface area contributed by atoms with Gasteiger partial charge in [0.1, 0.15) is 0 Å². The minimum atomic E-state index is 0.845. The van der Waals surface area contributed by atoms with Gasteiger partial charge in [0, 0.05) is 12.4 Å². The van der Waals surface area contributed by atoms with Gasteiger partial charge in [-0.1, -0.05) is 18.2 Å². The molecule has 1 aromatic carbocycles. The number of aryl methyl sites for hydroxylation is 3. The summed E-state index contributed by atoms with van der Waals surface area (Å²) in [6.07, 6.45) is 4.05. The highest BCUT2D eigenvalue weighted by Gasteiger charge is 2.06. The van der Waals surface area contributed by atoms with Crippen LogP contribution in [0, 0.1) is 20.8 Å². The third kappa shape index (κ3) is 1.63. The Hall–Kier alpha value is -1.70. The van der Waals surface area contributed by atoms with Crippen LogP contribution in [0.25, 0.3) is 5.69 Å². The van der Waals surface area contributed by atoms with Gasteiger partial charge < -0.3 is 10.3 Å². The van der Waals surface area contributed by atoms with Crippen LogP contribution in [0.2, 0.25) is 0 Å². The van der Waals surface area contributed by atoms with E-state index in [-0.39, 0.29) is 0 Å². The molecule has 0 saturated carbocycles. The maximum absolute atomic E-state index is 5.86. The van der Waals surface area contributed by atoms with Gasteiger partial charge in [0.05, 0.1) is 11.4 Å². The van der Waals surface area contributed by atoms with Crippen molar-refractivity contribution >= 4 is 5.69 Å². The van der Waals surface area contributed by atoms with Crippen LogP contribution in [-0.4, -0.2) is 4.57 Å². The van der Waals surface area contributed by atoms with Crippen molar-refractivity contribution in [3.8, 4) is 5.69 Å². The first-order valence-corrected chi connectivity index (χ1v) is 5.10. The van der Waals surface area contributed by atoms with Gasteiger partial charge in [0.2, 0.25) is 0 Å². The molecule has 0 saturated heterocycles. The molecule has 78 valence electrons. The average molecular weight is 200 g/mol. The van der Waals surface area contributed by atoms with Crippen molar-refractivity contribution < 1.29 is 0 Å². The predicted octanol–water partition coefficient (Wildman–Crippen LogP) is 2.98. The molecule has 2 nitrogen and oxygen atoms in total. The molecule has 2 N–H and O–H groups in total. The summed E-state index contributed by atoms with van der Waals surface area (Å²) in [7, 11) is 0.